The molecular weight excluding hydrogens is 269 g/mol. The summed E-state index contributed by atoms with van der Waals surface area (Å²) in [7, 11) is 0. The molecule has 20 heavy (non-hydrogen) atoms. The number of ether oxygens (including phenoxy) is 1. The van der Waals surface area contributed by atoms with Gasteiger partial charge in [-0.3, -0.25) is 0 Å². The van der Waals surface area contributed by atoms with Crippen LogP contribution < -0.4 is 15.8 Å². The van der Waals surface area contributed by atoms with Gasteiger partial charge in [0, 0.05) is 23.1 Å². The van der Waals surface area contributed by atoms with Crippen molar-refractivity contribution in [3.63, 3.8) is 0 Å². The second kappa shape index (κ2) is 5.32. The summed E-state index contributed by atoms with van der Waals surface area (Å²) in [4.78, 5) is 0. The first-order valence-electron chi connectivity index (χ1n) is 5.83. The van der Waals surface area contributed by atoms with E-state index in [1.807, 2.05) is 6.92 Å². The summed E-state index contributed by atoms with van der Waals surface area (Å²) >= 11 is 0. The highest BCUT2D eigenvalue weighted by Crippen LogP contribution is 2.28. The van der Waals surface area contributed by atoms with Crippen molar-refractivity contribution in [3.05, 3.63) is 48.0 Å². The van der Waals surface area contributed by atoms with Gasteiger partial charge >= 0.3 is 6.36 Å². The molecule has 3 nitrogen and oxygen atoms in total. The van der Waals surface area contributed by atoms with Crippen LogP contribution in [0.15, 0.2) is 42.5 Å². The average molecular weight is 282 g/mol. The molecule has 0 saturated carbocycles. The highest BCUT2D eigenvalue weighted by molar-refractivity contribution is 5.69. The largest absolute Gasteiger partial charge is 0.573 e. The second-order valence-electron chi connectivity index (χ2n) is 4.22. The van der Waals surface area contributed by atoms with Gasteiger partial charge in [-0.25, -0.2) is 0 Å². The molecule has 0 aliphatic carbocycles. The zero-order chi connectivity index (χ0) is 14.8. The van der Waals surface area contributed by atoms with E-state index in [4.69, 9.17) is 5.73 Å². The van der Waals surface area contributed by atoms with E-state index in [0.29, 0.717) is 11.4 Å². The number of nitrogens with two attached hydrogens (primary N) is 1. The number of rotatable bonds is 3. The van der Waals surface area contributed by atoms with Gasteiger partial charge in [0.2, 0.25) is 0 Å². The van der Waals surface area contributed by atoms with E-state index in [2.05, 4.69) is 10.1 Å². The van der Waals surface area contributed by atoms with Gasteiger partial charge in [-0.2, -0.15) is 0 Å². The highest BCUT2D eigenvalue weighted by Gasteiger charge is 2.31. The first-order valence-corrected chi connectivity index (χ1v) is 5.83. The zero-order valence-electron chi connectivity index (χ0n) is 10.7. The SMILES string of the molecule is Cc1c(N)cccc1Nc1cccc(OC(F)(F)F)c1. The number of nitrogens with one attached hydrogen (secondary N) is 1. The topological polar surface area (TPSA) is 47.3 Å². The van der Waals surface area contributed by atoms with Crippen LogP contribution in [0.1, 0.15) is 5.56 Å². The van der Waals surface area contributed by atoms with E-state index in [-0.39, 0.29) is 5.75 Å². The van der Waals surface area contributed by atoms with E-state index in [0.717, 1.165) is 11.3 Å². The van der Waals surface area contributed by atoms with Crippen molar-refractivity contribution in [3.8, 4) is 5.75 Å². The summed E-state index contributed by atoms with van der Waals surface area (Å²) in [6.07, 6.45) is -4.70. The van der Waals surface area contributed by atoms with Crippen LogP contribution in [0.2, 0.25) is 0 Å². The number of hydrogen-bond donors (Lipinski definition) is 2. The second-order valence-corrected chi connectivity index (χ2v) is 4.22. The Labute approximate surface area is 114 Å². The van der Waals surface area contributed by atoms with Crippen LogP contribution in [-0.2, 0) is 0 Å². The van der Waals surface area contributed by atoms with Gasteiger partial charge in [-0.1, -0.05) is 12.1 Å². The molecule has 0 saturated heterocycles. The fraction of sp³-hybridized carbons (Fsp3) is 0.143. The van der Waals surface area contributed by atoms with Crippen LogP contribution in [-0.4, -0.2) is 6.36 Å². The normalized spacial score (nSPS) is 11.2. The first-order chi connectivity index (χ1) is 9.35. The molecule has 3 N–H and O–H groups in total. The third-order valence-electron chi connectivity index (χ3n) is 2.72. The minimum atomic E-state index is -4.70. The Hall–Kier alpha value is -2.37. The van der Waals surface area contributed by atoms with E-state index in [9.17, 15) is 13.2 Å². The summed E-state index contributed by atoms with van der Waals surface area (Å²) in [6.45, 7) is 1.83. The Bertz CT molecular complexity index is 612. The summed E-state index contributed by atoms with van der Waals surface area (Å²) in [5.74, 6) is -0.274. The lowest BCUT2D eigenvalue weighted by Crippen LogP contribution is -2.17. The predicted molar refractivity (Wildman–Crippen MR) is 72.0 cm³/mol. The van der Waals surface area contributed by atoms with Crippen molar-refractivity contribution < 1.29 is 17.9 Å². The summed E-state index contributed by atoms with van der Waals surface area (Å²) in [5, 5.41) is 3.01. The number of hydrogen-bond acceptors (Lipinski definition) is 3. The van der Waals surface area contributed by atoms with Crippen LogP contribution >= 0.6 is 0 Å². The van der Waals surface area contributed by atoms with Crippen molar-refractivity contribution >= 4 is 17.1 Å². The summed E-state index contributed by atoms with van der Waals surface area (Å²) < 4.78 is 40.3. The Morgan fingerprint density at radius 2 is 1.80 bits per heavy atom. The van der Waals surface area contributed by atoms with E-state index < -0.39 is 6.36 Å². The third-order valence-corrected chi connectivity index (χ3v) is 2.72. The lowest BCUT2D eigenvalue weighted by Gasteiger charge is -2.13. The van der Waals surface area contributed by atoms with Gasteiger partial charge in [0.25, 0.3) is 0 Å². The van der Waals surface area contributed by atoms with Gasteiger partial charge in [0.05, 0.1) is 0 Å². The molecule has 0 spiro atoms. The van der Waals surface area contributed by atoms with Gasteiger partial charge in [-0.15, -0.1) is 13.2 Å². The number of alkyl halides is 3. The first kappa shape index (κ1) is 14.0. The molecule has 0 heterocycles. The van der Waals surface area contributed by atoms with Crippen molar-refractivity contribution in [2.45, 2.75) is 13.3 Å². The molecule has 0 unspecified atom stereocenters. The monoisotopic (exact) mass is 282 g/mol. The Balaban J connectivity index is 2.22. The van der Waals surface area contributed by atoms with Gasteiger partial charge in [0.15, 0.2) is 0 Å². The minimum absolute atomic E-state index is 0.274. The zero-order valence-corrected chi connectivity index (χ0v) is 10.7. The fourth-order valence-electron chi connectivity index (χ4n) is 1.72. The molecular formula is C14H13F3N2O. The number of nitrogen functional groups attached to an aromatic ring is 1. The van der Waals surface area contributed by atoms with Crippen LogP contribution in [0, 0.1) is 6.92 Å². The third kappa shape index (κ3) is 3.57. The van der Waals surface area contributed by atoms with Crippen LogP contribution in [0.4, 0.5) is 30.2 Å². The van der Waals surface area contributed by atoms with Crippen molar-refractivity contribution in [1.29, 1.82) is 0 Å². The maximum Gasteiger partial charge on any atom is 0.573 e. The summed E-state index contributed by atoms with van der Waals surface area (Å²) in [6, 6.07) is 10.9. The molecule has 2 rings (SSSR count). The fourth-order valence-corrected chi connectivity index (χ4v) is 1.72. The van der Waals surface area contributed by atoms with Gasteiger partial charge in [-0.05, 0) is 36.8 Å². The van der Waals surface area contributed by atoms with E-state index in [1.54, 1.807) is 24.3 Å². The average Bonchev–Trinajstić information content (AvgIpc) is 2.33. The van der Waals surface area contributed by atoms with Crippen molar-refractivity contribution in [1.82, 2.24) is 0 Å². The molecule has 0 atom stereocenters. The quantitative estimate of drug-likeness (QED) is 0.829. The molecule has 6 heteroatoms. The molecule has 0 amide bonds. The lowest BCUT2D eigenvalue weighted by atomic mass is 10.1. The summed E-state index contributed by atoms with van der Waals surface area (Å²) in [5.41, 5.74) is 8.43. The Kier molecular flexibility index (Phi) is 3.74. The van der Waals surface area contributed by atoms with Crippen molar-refractivity contribution in [2.24, 2.45) is 0 Å². The molecule has 0 aliphatic rings. The number of benzene rings is 2. The van der Waals surface area contributed by atoms with Gasteiger partial charge in [0.1, 0.15) is 5.75 Å². The van der Waals surface area contributed by atoms with Crippen LogP contribution in [0.3, 0.4) is 0 Å². The van der Waals surface area contributed by atoms with E-state index >= 15 is 0 Å². The van der Waals surface area contributed by atoms with Crippen LogP contribution in [0.25, 0.3) is 0 Å². The number of anilines is 3. The maximum absolute atomic E-state index is 12.2. The van der Waals surface area contributed by atoms with Gasteiger partial charge < -0.3 is 15.8 Å². The molecule has 0 radical (unpaired) electrons. The predicted octanol–water partition coefficient (Wildman–Crippen LogP) is 4.22. The highest BCUT2D eigenvalue weighted by atomic mass is 19.4. The minimum Gasteiger partial charge on any atom is -0.406 e. The lowest BCUT2D eigenvalue weighted by molar-refractivity contribution is -0.274. The molecule has 106 valence electrons. The Morgan fingerprint density at radius 1 is 1.10 bits per heavy atom. The molecule has 0 aliphatic heterocycles. The standard InChI is InChI=1S/C14H13F3N2O/c1-9-12(18)6-3-7-13(9)19-10-4-2-5-11(8-10)20-14(15,16)17/h2-8,19H,18H2,1H3. The smallest absolute Gasteiger partial charge is 0.406 e. The number of halogens is 3. The molecule has 0 aromatic heterocycles. The molecule has 2 aromatic rings. The Morgan fingerprint density at radius 3 is 2.50 bits per heavy atom. The maximum atomic E-state index is 12.2. The molecule has 0 bridgehead atoms. The molecule has 2 aromatic carbocycles. The van der Waals surface area contributed by atoms with E-state index in [1.165, 1.54) is 18.2 Å². The van der Waals surface area contributed by atoms with Crippen LogP contribution in [0.5, 0.6) is 5.75 Å². The molecule has 0 fully saturated rings. The van der Waals surface area contributed by atoms with Crippen molar-refractivity contribution in [2.75, 3.05) is 11.1 Å².